The Bertz CT molecular complexity index is 351. The zero-order valence-electron chi connectivity index (χ0n) is 11.6. The fourth-order valence-corrected chi connectivity index (χ4v) is 2.89. The van der Waals surface area contributed by atoms with Gasteiger partial charge in [0.05, 0.1) is 6.26 Å². The van der Waals surface area contributed by atoms with Crippen molar-refractivity contribution in [2.75, 3.05) is 13.3 Å². The lowest BCUT2D eigenvalue weighted by Gasteiger charge is -2.53. The van der Waals surface area contributed by atoms with Crippen LogP contribution in [-0.4, -0.2) is 36.3 Å². The minimum atomic E-state index is -3.20. The molecule has 0 saturated carbocycles. The van der Waals surface area contributed by atoms with Crippen molar-refractivity contribution < 1.29 is 8.42 Å². The highest BCUT2D eigenvalue weighted by molar-refractivity contribution is 7.88. The smallest absolute Gasteiger partial charge is 0.211 e. The molecular weight excluding hydrogens is 254 g/mol. The number of thiol groups is 1. The second kappa shape index (κ2) is 5.10. The molecule has 0 aromatic carbocycles. The predicted molar refractivity (Wildman–Crippen MR) is 80.3 cm³/mol. The summed E-state index contributed by atoms with van der Waals surface area (Å²) in [6, 6.07) is 0. The van der Waals surface area contributed by atoms with Gasteiger partial charge in [0, 0.05) is 17.3 Å². The van der Waals surface area contributed by atoms with Gasteiger partial charge in [-0.1, -0.05) is 35.1 Å². The summed E-state index contributed by atoms with van der Waals surface area (Å²) < 4.78 is 24.5. The molecule has 0 aromatic heterocycles. The molecule has 3 nitrogen and oxygen atoms in total. The molecule has 0 aromatic rings. The number of sulfonamides is 1. The van der Waals surface area contributed by atoms with Gasteiger partial charge in [-0.15, -0.1) is 0 Å². The van der Waals surface area contributed by atoms with Gasteiger partial charge in [0.2, 0.25) is 10.0 Å². The maximum atomic E-state index is 11.7. The Hall–Kier alpha value is 0.260. The Kier molecular flexibility index (Phi) is 5.87. The van der Waals surface area contributed by atoms with Crippen molar-refractivity contribution in [1.29, 1.82) is 0 Å². The van der Waals surface area contributed by atoms with Gasteiger partial charge in [0.15, 0.2) is 0 Å². The van der Waals surface area contributed by atoms with Crippen LogP contribution in [0.1, 0.15) is 49.0 Å². The summed E-state index contributed by atoms with van der Waals surface area (Å²) in [4.78, 5) is 0. The van der Waals surface area contributed by atoms with E-state index in [1.165, 1.54) is 10.6 Å². The molecule has 5 heteroatoms. The Balaban J connectivity index is 0. The molecule has 0 saturated heterocycles. The third-order valence-corrected chi connectivity index (χ3v) is 6.35. The highest BCUT2D eigenvalue weighted by Crippen LogP contribution is 2.47. The van der Waals surface area contributed by atoms with Crippen LogP contribution in [0, 0.1) is 5.41 Å². The normalized spacial score (nSPS) is 14.7. The van der Waals surface area contributed by atoms with Crippen LogP contribution in [0.25, 0.3) is 0 Å². The quantitative estimate of drug-likeness (QED) is 0.805. The van der Waals surface area contributed by atoms with Crippen LogP contribution in [0.4, 0.5) is 0 Å². The molecule has 0 aliphatic carbocycles. The zero-order chi connectivity index (χ0) is 13.6. The summed E-state index contributed by atoms with van der Waals surface area (Å²) in [6.07, 6.45) is 1.23. The van der Waals surface area contributed by atoms with Crippen molar-refractivity contribution in [3.05, 3.63) is 0 Å². The molecule has 17 heavy (non-hydrogen) atoms. The summed E-state index contributed by atoms with van der Waals surface area (Å²) in [7, 11) is -1.58. The highest BCUT2D eigenvalue weighted by Gasteiger charge is 2.50. The molecule has 0 rings (SSSR count). The molecule has 0 aliphatic heterocycles. The van der Waals surface area contributed by atoms with Crippen molar-refractivity contribution in [3.8, 4) is 0 Å². The Morgan fingerprint density at radius 1 is 1.00 bits per heavy atom. The van der Waals surface area contributed by atoms with E-state index < -0.39 is 15.6 Å². The molecule has 0 fully saturated rings. The molecule has 0 radical (unpaired) electrons. The number of nitrogens with zero attached hydrogens (tertiary/aromatic N) is 1. The summed E-state index contributed by atoms with van der Waals surface area (Å²) in [5, 5.41) is 0. The van der Waals surface area contributed by atoms with E-state index in [0.29, 0.717) is 0 Å². The monoisotopic (exact) mass is 283 g/mol. The maximum absolute atomic E-state index is 11.7. The Morgan fingerprint density at radius 2 is 1.29 bits per heavy atom. The lowest BCUT2D eigenvalue weighted by Crippen LogP contribution is -2.60. The van der Waals surface area contributed by atoms with Crippen LogP contribution in [0.3, 0.4) is 0 Å². The van der Waals surface area contributed by atoms with Crippen molar-refractivity contribution in [2.45, 2.75) is 59.3 Å². The van der Waals surface area contributed by atoms with E-state index in [4.69, 9.17) is 0 Å². The van der Waals surface area contributed by atoms with Gasteiger partial charge in [-0.3, -0.25) is 0 Å². The summed E-state index contributed by atoms with van der Waals surface area (Å²) in [6.45, 7) is 12.0. The van der Waals surface area contributed by atoms with E-state index in [-0.39, 0.29) is 17.6 Å². The largest absolute Gasteiger partial charge is 0.212 e. The van der Waals surface area contributed by atoms with Gasteiger partial charge in [0.1, 0.15) is 0 Å². The zero-order valence-corrected chi connectivity index (χ0v) is 13.3. The molecular formula is C12H29NO2S2. The van der Waals surface area contributed by atoms with Gasteiger partial charge < -0.3 is 0 Å². The Labute approximate surface area is 113 Å². The number of rotatable bonds is 4. The van der Waals surface area contributed by atoms with Crippen molar-refractivity contribution in [1.82, 2.24) is 4.31 Å². The van der Waals surface area contributed by atoms with E-state index in [1.807, 2.05) is 41.5 Å². The van der Waals surface area contributed by atoms with E-state index in [1.54, 1.807) is 7.05 Å². The SMILES string of the molecule is C.CN(C(C)(C)C(C)(C)C(C)(C)S)S(C)(=O)=O. The van der Waals surface area contributed by atoms with E-state index in [9.17, 15) is 8.42 Å². The minimum absolute atomic E-state index is 0. The third-order valence-electron chi connectivity index (χ3n) is 4.34. The van der Waals surface area contributed by atoms with Gasteiger partial charge in [0.25, 0.3) is 0 Å². The average molecular weight is 284 g/mol. The van der Waals surface area contributed by atoms with Crippen LogP contribution in [0.5, 0.6) is 0 Å². The fraction of sp³-hybridized carbons (Fsp3) is 1.00. The molecule has 0 spiro atoms. The standard InChI is InChI=1S/C11H25NO2S2.CH4/c1-9(2,11(5,6)15)10(3,4)12(7)16(8,13)14;/h15H,1-8H3;1H4. The summed E-state index contributed by atoms with van der Waals surface area (Å²) in [5.74, 6) is 0. The number of hydrogen-bond acceptors (Lipinski definition) is 3. The van der Waals surface area contributed by atoms with Crippen molar-refractivity contribution in [2.24, 2.45) is 5.41 Å². The molecule has 0 atom stereocenters. The van der Waals surface area contributed by atoms with Crippen LogP contribution in [0.2, 0.25) is 0 Å². The van der Waals surface area contributed by atoms with E-state index in [0.717, 1.165) is 0 Å². The summed E-state index contributed by atoms with van der Waals surface area (Å²) in [5.41, 5.74) is -0.785. The lowest BCUT2D eigenvalue weighted by atomic mass is 9.66. The molecule has 0 heterocycles. The average Bonchev–Trinajstić information content (AvgIpc) is 1.98. The first-order valence-corrected chi connectivity index (χ1v) is 7.61. The van der Waals surface area contributed by atoms with Crippen molar-refractivity contribution in [3.63, 3.8) is 0 Å². The lowest BCUT2D eigenvalue weighted by molar-refractivity contribution is 0.0639. The second-order valence-corrected chi connectivity index (χ2v) is 9.11. The van der Waals surface area contributed by atoms with E-state index >= 15 is 0 Å². The van der Waals surface area contributed by atoms with Crippen LogP contribution < -0.4 is 0 Å². The van der Waals surface area contributed by atoms with Gasteiger partial charge in [-0.2, -0.15) is 16.9 Å². The minimum Gasteiger partial charge on any atom is -0.212 e. The third kappa shape index (κ3) is 3.61. The molecule has 0 amide bonds. The molecule has 0 unspecified atom stereocenters. The topological polar surface area (TPSA) is 37.4 Å². The predicted octanol–water partition coefficient (Wildman–Crippen LogP) is 3.03. The van der Waals surface area contributed by atoms with Crippen LogP contribution in [-0.2, 0) is 10.0 Å². The van der Waals surface area contributed by atoms with Gasteiger partial charge >= 0.3 is 0 Å². The van der Waals surface area contributed by atoms with Gasteiger partial charge in [-0.05, 0) is 19.3 Å². The highest BCUT2D eigenvalue weighted by atomic mass is 32.2. The molecule has 0 bridgehead atoms. The molecule has 0 N–H and O–H groups in total. The van der Waals surface area contributed by atoms with Gasteiger partial charge in [-0.25, -0.2) is 8.42 Å². The van der Waals surface area contributed by atoms with Crippen molar-refractivity contribution >= 4 is 22.7 Å². The first-order valence-electron chi connectivity index (χ1n) is 5.32. The van der Waals surface area contributed by atoms with E-state index in [2.05, 4.69) is 12.6 Å². The first kappa shape index (κ1) is 19.6. The summed E-state index contributed by atoms with van der Waals surface area (Å²) >= 11 is 4.60. The number of hydrogen-bond donors (Lipinski definition) is 1. The fourth-order valence-electron chi connectivity index (χ4n) is 1.56. The van der Waals surface area contributed by atoms with Crippen LogP contribution >= 0.6 is 12.6 Å². The van der Waals surface area contributed by atoms with Crippen LogP contribution in [0.15, 0.2) is 0 Å². The molecule has 106 valence electrons. The molecule has 0 aliphatic rings. The first-order chi connectivity index (χ1) is 6.65. The Morgan fingerprint density at radius 3 is 1.47 bits per heavy atom. The second-order valence-electron chi connectivity index (χ2n) is 5.97. The maximum Gasteiger partial charge on any atom is 0.211 e.